The molecule has 1 aliphatic carbocycles. The molecule has 2 aromatic carbocycles. The van der Waals surface area contributed by atoms with Crippen molar-refractivity contribution in [2.24, 2.45) is 0 Å². The van der Waals surface area contributed by atoms with Crippen LogP contribution in [0.25, 0.3) is 0 Å². The van der Waals surface area contributed by atoms with Gasteiger partial charge in [0.1, 0.15) is 12.4 Å². The van der Waals surface area contributed by atoms with E-state index in [-0.39, 0.29) is 11.5 Å². The number of rotatable bonds is 11. The van der Waals surface area contributed by atoms with Crippen LogP contribution in [-0.4, -0.2) is 11.2 Å². The minimum absolute atomic E-state index is 0.141. The summed E-state index contributed by atoms with van der Waals surface area (Å²) in [6.07, 6.45) is 11.6. The molecule has 3 rings (SSSR count). The van der Waals surface area contributed by atoms with Crippen LogP contribution >= 0.6 is 0 Å². The molecule has 0 aromatic heterocycles. The van der Waals surface area contributed by atoms with Crippen LogP contribution < -0.4 is 4.74 Å². The van der Waals surface area contributed by atoms with Crippen LogP contribution in [0.5, 0.6) is 5.75 Å². The molecule has 2 atom stereocenters. The molecule has 0 saturated heterocycles. The van der Waals surface area contributed by atoms with E-state index in [1.165, 1.54) is 55.2 Å². The molecule has 31 heavy (non-hydrogen) atoms. The molecular formula is C29H42O2. The zero-order valence-corrected chi connectivity index (χ0v) is 19.9. The standard InChI is InChI=1S/C29H42O2/c1-4-5-6-7-11-19-29(2,3)25-17-18-27(24-15-12-16-26(30)20-24)28(21-25)31-22-23-13-9-8-10-14-23/h8-10,13-14,17-18,21,24,26,30H,4-7,11-12,15-16,19-20,22H2,1-3H3/t24-,26+/m1/s1. The van der Waals surface area contributed by atoms with E-state index >= 15 is 0 Å². The van der Waals surface area contributed by atoms with Gasteiger partial charge in [0.15, 0.2) is 0 Å². The van der Waals surface area contributed by atoms with Gasteiger partial charge in [-0.25, -0.2) is 0 Å². The van der Waals surface area contributed by atoms with Crippen LogP contribution in [-0.2, 0) is 12.0 Å². The monoisotopic (exact) mass is 422 g/mol. The number of ether oxygens (including phenoxy) is 1. The summed E-state index contributed by atoms with van der Waals surface area (Å²) in [5, 5.41) is 10.2. The summed E-state index contributed by atoms with van der Waals surface area (Å²) in [7, 11) is 0. The Morgan fingerprint density at radius 2 is 1.74 bits per heavy atom. The molecule has 1 N–H and O–H groups in total. The molecule has 0 heterocycles. The van der Waals surface area contributed by atoms with E-state index < -0.39 is 0 Å². The van der Waals surface area contributed by atoms with E-state index in [0.717, 1.165) is 31.4 Å². The maximum atomic E-state index is 10.2. The SMILES string of the molecule is CCCCCCCC(C)(C)c1ccc([C@@H]2CCC[C@H](O)C2)c(OCc2ccccc2)c1. The fraction of sp³-hybridized carbons (Fsp3) is 0.586. The summed E-state index contributed by atoms with van der Waals surface area (Å²) in [6.45, 7) is 7.60. The summed E-state index contributed by atoms with van der Waals surface area (Å²) < 4.78 is 6.42. The number of aliphatic hydroxyl groups is 1. The second-order valence-corrected chi connectivity index (χ2v) is 10.1. The van der Waals surface area contributed by atoms with E-state index in [0.29, 0.717) is 12.5 Å². The Hall–Kier alpha value is -1.80. The topological polar surface area (TPSA) is 29.5 Å². The average molecular weight is 423 g/mol. The number of benzene rings is 2. The highest BCUT2D eigenvalue weighted by atomic mass is 16.5. The van der Waals surface area contributed by atoms with Gasteiger partial charge in [-0.15, -0.1) is 0 Å². The molecule has 1 saturated carbocycles. The fourth-order valence-electron chi connectivity index (χ4n) is 4.91. The highest BCUT2D eigenvalue weighted by molar-refractivity contribution is 5.43. The van der Waals surface area contributed by atoms with Gasteiger partial charge in [-0.1, -0.05) is 102 Å². The minimum atomic E-state index is -0.181. The summed E-state index contributed by atoms with van der Waals surface area (Å²) in [5.41, 5.74) is 3.97. The van der Waals surface area contributed by atoms with E-state index in [1.807, 2.05) is 6.07 Å². The van der Waals surface area contributed by atoms with Gasteiger partial charge in [-0.3, -0.25) is 0 Å². The first-order valence-electron chi connectivity index (χ1n) is 12.5. The Morgan fingerprint density at radius 3 is 2.48 bits per heavy atom. The van der Waals surface area contributed by atoms with E-state index in [2.05, 4.69) is 63.2 Å². The predicted octanol–water partition coefficient (Wildman–Crippen LogP) is 7.92. The van der Waals surface area contributed by atoms with Gasteiger partial charge in [0.25, 0.3) is 0 Å². The van der Waals surface area contributed by atoms with Crippen molar-refractivity contribution in [3.63, 3.8) is 0 Å². The molecule has 2 aromatic rings. The van der Waals surface area contributed by atoms with E-state index in [9.17, 15) is 5.11 Å². The van der Waals surface area contributed by atoms with Gasteiger partial charge in [0.05, 0.1) is 6.10 Å². The fourth-order valence-corrected chi connectivity index (χ4v) is 4.91. The Bertz CT molecular complexity index is 781. The first kappa shape index (κ1) is 23.9. The van der Waals surface area contributed by atoms with Crippen molar-refractivity contribution in [2.75, 3.05) is 0 Å². The molecule has 0 aliphatic heterocycles. The number of aliphatic hydroxyl groups excluding tert-OH is 1. The van der Waals surface area contributed by atoms with Crippen LogP contribution in [0, 0.1) is 0 Å². The molecule has 2 heteroatoms. The Kier molecular flexibility index (Phi) is 9.02. The lowest BCUT2D eigenvalue weighted by atomic mass is 9.77. The average Bonchev–Trinajstić information content (AvgIpc) is 2.78. The summed E-state index contributed by atoms with van der Waals surface area (Å²) in [4.78, 5) is 0. The molecule has 0 amide bonds. The summed E-state index contributed by atoms with van der Waals surface area (Å²) >= 11 is 0. The molecule has 1 fully saturated rings. The zero-order valence-electron chi connectivity index (χ0n) is 19.9. The minimum Gasteiger partial charge on any atom is -0.489 e. The smallest absolute Gasteiger partial charge is 0.123 e. The highest BCUT2D eigenvalue weighted by Crippen LogP contribution is 2.41. The second-order valence-electron chi connectivity index (χ2n) is 10.1. The zero-order chi connectivity index (χ0) is 22.1. The van der Waals surface area contributed by atoms with Gasteiger partial charge < -0.3 is 9.84 Å². The first-order chi connectivity index (χ1) is 15.0. The van der Waals surface area contributed by atoms with Crippen LogP contribution in [0.3, 0.4) is 0 Å². The van der Waals surface area contributed by atoms with Crippen molar-refractivity contribution in [1.82, 2.24) is 0 Å². The van der Waals surface area contributed by atoms with E-state index in [4.69, 9.17) is 4.74 Å². The second kappa shape index (κ2) is 11.7. The van der Waals surface area contributed by atoms with Crippen molar-refractivity contribution >= 4 is 0 Å². The number of unbranched alkanes of at least 4 members (excludes halogenated alkanes) is 4. The molecule has 1 aliphatic rings. The maximum Gasteiger partial charge on any atom is 0.123 e. The summed E-state index contributed by atoms with van der Waals surface area (Å²) in [5.74, 6) is 1.40. The molecule has 2 nitrogen and oxygen atoms in total. The number of hydrogen-bond acceptors (Lipinski definition) is 2. The largest absolute Gasteiger partial charge is 0.489 e. The lowest BCUT2D eigenvalue weighted by Gasteiger charge is -2.30. The van der Waals surface area contributed by atoms with Crippen LogP contribution in [0.2, 0.25) is 0 Å². The van der Waals surface area contributed by atoms with Crippen molar-refractivity contribution in [3.05, 3.63) is 65.2 Å². The van der Waals surface area contributed by atoms with Crippen molar-refractivity contribution < 1.29 is 9.84 Å². The third-order valence-corrected chi connectivity index (χ3v) is 7.02. The van der Waals surface area contributed by atoms with Crippen LogP contribution in [0.15, 0.2) is 48.5 Å². The third-order valence-electron chi connectivity index (χ3n) is 7.02. The van der Waals surface area contributed by atoms with Gasteiger partial charge in [-0.05, 0) is 59.8 Å². The highest BCUT2D eigenvalue weighted by Gasteiger charge is 2.27. The van der Waals surface area contributed by atoms with Gasteiger partial charge >= 0.3 is 0 Å². The van der Waals surface area contributed by atoms with Crippen molar-refractivity contribution in [2.45, 2.75) is 109 Å². The summed E-state index contributed by atoms with van der Waals surface area (Å²) in [6, 6.07) is 17.3. The van der Waals surface area contributed by atoms with Crippen molar-refractivity contribution in [3.8, 4) is 5.75 Å². The Labute approximate surface area is 190 Å². The van der Waals surface area contributed by atoms with Crippen LogP contribution in [0.4, 0.5) is 0 Å². The first-order valence-corrected chi connectivity index (χ1v) is 12.5. The molecule has 0 spiro atoms. The third kappa shape index (κ3) is 7.10. The Morgan fingerprint density at radius 1 is 0.968 bits per heavy atom. The molecular weight excluding hydrogens is 380 g/mol. The lowest BCUT2D eigenvalue weighted by Crippen LogP contribution is -2.20. The maximum absolute atomic E-state index is 10.2. The van der Waals surface area contributed by atoms with Gasteiger partial charge in [0.2, 0.25) is 0 Å². The molecule has 0 bridgehead atoms. The number of hydrogen-bond donors (Lipinski definition) is 1. The molecule has 170 valence electrons. The van der Waals surface area contributed by atoms with E-state index in [1.54, 1.807) is 0 Å². The van der Waals surface area contributed by atoms with Crippen molar-refractivity contribution in [1.29, 1.82) is 0 Å². The quantitative estimate of drug-likeness (QED) is 0.373. The van der Waals surface area contributed by atoms with Crippen LogP contribution in [0.1, 0.15) is 108 Å². The van der Waals surface area contributed by atoms with Gasteiger partial charge in [-0.2, -0.15) is 0 Å². The predicted molar refractivity (Wildman–Crippen MR) is 131 cm³/mol. The molecule has 0 radical (unpaired) electrons. The van der Waals surface area contributed by atoms with Gasteiger partial charge in [0, 0.05) is 0 Å². The normalized spacial score (nSPS) is 19.4. The Balaban J connectivity index is 1.77. The molecule has 0 unspecified atom stereocenters. The lowest BCUT2D eigenvalue weighted by molar-refractivity contribution is 0.118.